The minimum Gasteiger partial charge on any atom is -0.444 e. The largest absolute Gasteiger partial charge is 0.444 e. The molecule has 2 aromatic carbocycles. The lowest BCUT2D eigenvalue weighted by Crippen LogP contribution is -2.26. The minimum atomic E-state index is -1.34. The summed E-state index contributed by atoms with van der Waals surface area (Å²) in [7, 11) is 0. The number of nitro groups is 1. The highest BCUT2D eigenvalue weighted by Crippen LogP contribution is 2.28. The average molecular weight is 426 g/mol. The van der Waals surface area contributed by atoms with Crippen LogP contribution < -0.4 is 5.32 Å². The normalized spacial score (nSPS) is 11.4. The van der Waals surface area contributed by atoms with E-state index in [1.165, 1.54) is 30.5 Å². The number of esters is 1. The van der Waals surface area contributed by atoms with Gasteiger partial charge in [-0.2, -0.15) is 0 Å². The van der Waals surface area contributed by atoms with Gasteiger partial charge in [-0.05, 0) is 30.7 Å². The number of amides is 1. The van der Waals surface area contributed by atoms with Gasteiger partial charge in [0.15, 0.2) is 0 Å². The fourth-order valence-electron chi connectivity index (χ4n) is 2.70. The number of anilines is 1. The van der Waals surface area contributed by atoms with E-state index < -0.39 is 22.9 Å². The first-order valence-corrected chi connectivity index (χ1v) is 9.16. The molecule has 3 rings (SSSR count). The number of aromatic nitrogens is 1. The smallest absolute Gasteiger partial charge is 0.339 e. The minimum absolute atomic E-state index is 0.000430. The van der Waals surface area contributed by atoms with Gasteiger partial charge in [-0.25, -0.2) is 9.78 Å². The van der Waals surface area contributed by atoms with E-state index in [1.54, 1.807) is 43.3 Å². The second kappa shape index (κ2) is 9.15. The van der Waals surface area contributed by atoms with Gasteiger partial charge in [0.25, 0.3) is 11.6 Å². The first-order valence-electron chi connectivity index (χ1n) is 8.78. The van der Waals surface area contributed by atoms with Gasteiger partial charge in [-0.15, -0.1) is 0 Å². The first kappa shape index (κ1) is 20.9. The fraction of sp³-hybridized carbons (Fsp3) is 0.0952. The Labute approximate surface area is 176 Å². The SMILES string of the molecule is Cc1ccc(NC(=O)C(OC(=O)c2ccnc(Cl)c2)c2ccccc2)c([N+](=O)[O-])c1. The summed E-state index contributed by atoms with van der Waals surface area (Å²) < 4.78 is 5.43. The van der Waals surface area contributed by atoms with Crippen molar-refractivity contribution in [1.29, 1.82) is 0 Å². The Balaban J connectivity index is 1.91. The zero-order valence-electron chi connectivity index (χ0n) is 15.7. The molecule has 1 N–H and O–H groups in total. The number of benzene rings is 2. The third-order valence-corrected chi connectivity index (χ3v) is 4.34. The molecular weight excluding hydrogens is 410 g/mol. The summed E-state index contributed by atoms with van der Waals surface area (Å²) in [5.41, 5.74) is 0.922. The number of carbonyl (C=O) groups excluding carboxylic acids is 2. The van der Waals surface area contributed by atoms with Gasteiger partial charge < -0.3 is 10.1 Å². The third-order valence-electron chi connectivity index (χ3n) is 4.14. The predicted octanol–water partition coefficient (Wildman–Crippen LogP) is 4.49. The number of rotatable bonds is 6. The molecule has 1 atom stereocenters. The maximum absolute atomic E-state index is 13.0. The molecule has 0 aliphatic rings. The quantitative estimate of drug-likeness (QED) is 0.269. The van der Waals surface area contributed by atoms with Gasteiger partial charge in [0, 0.05) is 17.8 Å². The molecule has 0 aliphatic carbocycles. The molecule has 152 valence electrons. The van der Waals surface area contributed by atoms with Crippen LogP contribution in [-0.4, -0.2) is 21.8 Å². The van der Waals surface area contributed by atoms with E-state index in [1.807, 2.05) is 0 Å². The molecular formula is C21H16ClN3O5. The van der Waals surface area contributed by atoms with Crippen LogP contribution in [0.15, 0.2) is 66.9 Å². The number of aryl methyl sites for hydroxylation is 1. The third kappa shape index (κ3) is 4.98. The van der Waals surface area contributed by atoms with E-state index in [0.29, 0.717) is 11.1 Å². The van der Waals surface area contributed by atoms with Crippen LogP contribution in [0.3, 0.4) is 0 Å². The summed E-state index contributed by atoms with van der Waals surface area (Å²) in [4.78, 5) is 40.1. The standard InChI is InChI=1S/C21H16ClN3O5/c1-13-7-8-16(17(11-13)25(28)29)24-20(26)19(14-5-3-2-4-6-14)30-21(27)15-9-10-23-18(22)12-15/h2-12,19H,1H3,(H,24,26). The highest BCUT2D eigenvalue weighted by Gasteiger charge is 2.28. The zero-order chi connectivity index (χ0) is 21.7. The van der Waals surface area contributed by atoms with Gasteiger partial charge in [0.1, 0.15) is 10.8 Å². The van der Waals surface area contributed by atoms with Crippen LogP contribution in [0, 0.1) is 17.0 Å². The topological polar surface area (TPSA) is 111 Å². The van der Waals surface area contributed by atoms with Crippen LogP contribution in [0.4, 0.5) is 11.4 Å². The Morgan fingerprint density at radius 1 is 1.13 bits per heavy atom. The maximum Gasteiger partial charge on any atom is 0.339 e. The molecule has 9 heteroatoms. The summed E-state index contributed by atoms with van der Waals surface area (Å²) in [6, 6.07) is 15.5. The molecule has 30 heavy (non-hydrogen) atoms. The summed E-state index contributed by atoms with van der Waals surface area (Å²) >= 11 is 5.81. The molecule has 1 amide bonds. The van der Waals surface area contributed by atoms with Crippen molar-refractivity contribution in [1.82, 2.24) is 4.98 Å². The van der Waals surface area contributed by atoms with Crippen molar-refractivity contribution in [3.05, 3.63) is 98.8 Å². The highest BCUT2D eigenvalue weighted by atomic mass is 35.5. The second-order valence-electron chi connectivity index (χ2n) is 6.33. The number of nitrogens with zero attached hydrogens (tertiary/aromatic N) is 2. The molecule has 0 saturated heterocycles. The van der Waals surface area contributed by atoms with Crippen LogP contribution in [0.5, 0.6) is 0 Å². The van der Waals surface area contributed by atoms with Crippen LogP contribution >= 0.6 is 11.6 Å². The van der Waals surface area contributed by atoms with E-state index in [9.17, 15) is 19.7 Å². The van der Waals surface area contributed by atoms with Crippen molar-refractivity contribution in [2.24, 2.45) is 0 Å². The van der Waals surface area contributed by atoms with Gasteiger partial charge in [-0.1, -0.05) is 48.0 Å². The van der Waals surface area contributed by atoms with E-state index >= 15 is 0 Å². The summed E-state index contributed by atoms with van der Waals surface area (Å²) in [5, 5.41) is 13.9. The molecule has 0 radical (unpaired) electrons. The lowest BCUT2D eigenvalue weighted by Gasteiger charge is -2.18. The number of nitro benzene ring substituents is 1. The number of pyridine rings is 1. The van der Waals surface area contributed by atoms with Crippen molar-refractivity contribution in [3.63, 3.8) is 0 Å². The monoisotopic (exact) mass is 425 g/mol. The number of hydrogen-bond donors (Lipinski definition) is 1. The number of carbonyl (C=O) groups is 2. The molecule has 8 nitrogen and oxygen atoms in total. The van der Waals surface area contributed by atoms with Crippen LogP contribution in [0.25, 0.3) is 0 Å². The molecule has 0 saturated carbocycles. The lowest BCUT2D eigenvalue weighted by molar-refractivity contribution is -0.384. The van der Waals surface area contributed by atoms with Gasteiger partial charge >= 0.3 is 5.97 Å². The van der Waals surface area contributed by atoms with Crippen molar-refractivity contribution in [2.45, 2.75) is 13.0 Å². The lowest BCUT2D eigenvalue weighted by atomic mass is 10.1. The Kier molecular flexibility index (Phi) is 6.38. The second-order valence-corrected chi connectivity index (χ2v) is 6.72. The van der Waals surface area contributed by atoms with Crippen molar-refractivity contribution < 1.29 is 19.2 Å². The van der Waals surface area contributed by atoms with E-state index in [-0.39, 0.29) is 22.1 Å². The molecule has 3 aromatic rings. The van der Waals surface area contributed by atoms with E-state index in [2.05, 4.69) is 10.3 Å². The highest BCUT2D eigenvalue weighted by molar-refractivity contribution is 6.29. The predicted molar refractivity (Wildman–Crippen MR) is 110 cm³/mol. The van der Waals surface area contributed by atoms with E-state index in [4.69, 9.17) is 16.3 Å². The molecule has 0 aliphatic heterocycles. The molecule has 0 bridgehead atoms. The van der Waals surface area contributed by atoms with Gasteiger partial charge in [0.2, 0.25) is 6.10 Å². The van der Waals surface area contributed by atoms with E-state index in [0.717, 1.165) is 0 Å². The van der Waals surface area contributed by atoms with Crippen molar-refractivity contribution in [3.8, 4) is 0 Å². The van der Waals surface area contributed by atoms with Crippen molar-refractivity contribution >= 4 is 34.9 Å². The first-order chi connectivity index (χ1) is 14.3. The average Bonchev–Trinajstić information content (AvgIpc) is 2.73. The molecule has 1 aromatic heterocycles. The number of ether oxygens (including phenoxy) is 1. The zero-order valence-corrected chi connectivity index (χ0v) is 16.5. The number of hydrogen-bond acceptors (Lipinski definition) is 6. The fourth-order valence-corrected chi connectivity index (χ4v) is 2.88. The van der Waals surface area contributed by atoms with Crippen LogP contribution in [0.1, 0.15) is 27.6 Å². The van der Waals surface area contributed by atoms with Gasteiger partial charge in [0.05, 0.1) is 10.5 Å². The van der Waals surface area contributed by atoms with Gasteiger partial charge in [-0.3, -0.25) is 14.9 Å². The Morgan fingerprint density at radius 2 is 1.87 bits per heavy atom. The maximum atomic E-state index is 13.0. The number of nitrogens with one attached hydrogen (secondary N) is 1. The van der Waals surface area contributed by atoms with Crippen LogP contribution in [-0.2, 0) is 9.53 Å². The van der Waals surface area contributed by atoms with Crippen molar-refractivity contribution in [2.75, 3.05) is 5.32 Å². The number of halogens is 1. The summed E-state index contributed by atoms with van der Waals surface area (Å²) in [6.07, 6.45) is -0.00169. The Hall–Kier alpha value is -3.78. The molecule has 0 fully saturated rings. The molecule has 1 unspecified atom stereocenters. The summed E-state index contributed by atoms with van der Waals surface area (Å²) in [5.74, 6) is -1.52. The molecule has 0 spiro atoms. The Morgan fingerprint density at radius 3 is 2.53 bits per heavy atom. The summed E-state index contributed by atoms with van der Waals surface area (Å²) in [6.45, 7) is 1.70. The Bertz CT molecular complexity index is 1100. The molecule has 1 heterocycles. The van der Waals surface area contributed by atoms with Crippen LogP contribution in [0.2, 0.25) is 5.15 Å².